The van der Waals surface area contributed by atoms with Crippen molar-refractivity contribution in [2.45, 2.75) is 12.8 Å². The van der Waals surface area contributed by atoms with Crippen molar-refractivity contribution >= 4 is 15.2 Å². The Morgan fingerprint density at radius 1 is 0.733 bits per heavy atom. The lowest BCUT2D eigenvalue weighted by molar-refractivity contribution is 0.134. The highest BCUT2D eigenvalue weighted by Crippen LogP contribution is 2.65. The fourth-order valence-electron chi connectivity index (χ4n) is 1.38. The van der Waals surface area contributed by atoms with E-state index >= 15 is 0 Å². The first kappa shape index (κ1) is 11.8. The largest absolute Gasteiger partial charge is 0.342 e. The lowest BCUT2D eigenvalue weighted by Crippen LogP contribution is -2.15. The summed E-state index contributed by atoms with van der Waals surface area (Å²) in [6.45, 7) is 1.49. The van der Waals surface area contributed by atoms with Gasteiger partial charge in [0.15, 0.2) is 5.90 Å². The molecule has 2 aliphatic rings. The highest BCUT2D eigenvalue weighted by Gasteiger charge is 2.41. The predicted octanol–water partition coefficient (Wildman–Crippen LogP) is 2.20. The molecule has 0 atom stereocenters. The Hall–Kier alpha value is 0.300. The Kier molecular flexibility index (Phi) is 3.66. The van der Waals surface area contributed by atoms with Gasteiger partial charge in [0.2, 0.25) is 0 Å². The van der Waals surface area contributed by atoms with E-state index in [2.05, 4.69) is 0 Å². The second-order valence-corrected chi connectivity index (χ2v) is 8.01. The number of rotatable bonds is 2. The van der Waals surface area contributed by atoms with Gasteiger partial charge in [-0.1, -0.05) is 0 Å². The maximum atomic E-state index is 11.9. The summed E-state index contributed by atoms with van der Waals surface area (Å²) >= 11 is 0. The van der Waals surface area contributed by atoms with E-state index in [9.17, 15) is 9.13 Å². The van der Waals surface area contributed by atoms with Crippen LogP contribution in [0, 0.1) is 0 Å². The minimum Gasteiger partial charge on any atom is -0.308 e. The molecule has 88 valence electrons. The molecule has 0 amide bonds. The monoisotopic (exact) mass is 256 g/mol. The SMILES string of the molecule is O=P1(CP2(=O)OCCCO2)OCCCO1. The number of hydrogen-bond acceptors (Lipinski definition) is 6. The topological polar surface area (TPSA) is 71.1 Å². The second kappa shape index (κ2) is 4.66. The van der Waals surface area contributed by atoms with Crippen molar-refractivity contribution in [1.29, 1.82) is 0 Å². The average molecular weight is 256 g/mol. The van der Waals surface area contributed by atoms with E-state index in [0.29, 0.717) is 39.3 Å². The zero-order valence-corrected chi connectivity index (χ0v) is 10.1. The summed E-state index contributed by atoms with van der Waals surface area (Å²) in [5.74, 6) is -0.264. The van der Waals surface area contributed by atoms with Gasteiger partial charge in [0, 0.05) is 0 Å². The molecule has 0 aromatic carbocycles. The first-order chi connectivity index (χ1) is 7.12. The molecule has 0 spiro atoms. The van der Waals surface area contributed by atoms with E-state index in [1.807, 2.05) is 0 Å². The van der Waals surface area contributed by atoms with Crippen LogP contribution < -0.4 is 0 Å². The molecule has 0 aromatic heterocycles. The Balaban J connectivity index is 1.99. The molecule has 0 bridgehead atoms. The van der Waals surface area contributed by atoms with Gasteiger partial charge in [-0.15, -0.1) is 0 Å². The van der Waals surface area contributed by atoms with Gasteiger partial charge in [-0.3, -0.25) is 9.13 Å². The van der Waals surface area contributed by atoms with Gasteiger partial charge < -0.3 is 18.1 Å². The molecule has 0 saturated carbocycles. The highest BCUT2D eigenvalue weighted by molar-refractivity contribution is 7.71. The summed E-state index contributed by atoms with van der Waals surface area (Å²) in [6.07, 6.45) is 1.41. The van der Waals surface area contributed by atoms with E-state index in [1.54, 1.807) is 0 Å². The van der Waals surface area contributed by atoms with Gasteiger partial charge in [0.05, 0.1) is 26.4 Å². The molecule has 2 heterocycles. The van der Waals surface area contributed by atoms with Crippen molar-refractivity contribution in [1.82, 2.24) is 0 Å². The van der Waals surface area contributed by atoms with Crippen LogP contribution in [0.1, 0.15) is 12.8 Å². The van der Waals surface area contributed by atoms with Crippen molar-refractivity contribution in [3.63, 3.8) is 0 Å². The van der Waals surface area contributed by atoms with Crippen LogP contribution in [0.4, 0.5) is 0 Å². The smallest absolute Gasteiger partial charge is 0.308 e. The molecule has 2 saturated heterocycles. The Bertz CT molecular complexity index is 267. The second-order valence-electron chi connectivity index (χ2n) is 3.40. The molecule has 0 aliphatic carbocycles. The molecular weight excluding hydrogens is 242 g/mol. The third-order valence-electron chi connectivity index (χ3n) is 2.08. The van der Waals surface area contributed by atoms with Crippen molar-refractivity contribution in [2.75, 3.05) is 32.3 Å². The zero-order valence-electron chi connectivity index (χ0n) is 8.29. The standard InChI is InChI=1S/C7H14O6P2/c8-14(10-3-1-4-11-14)7-15(9)12-5-2-6-13-15/h1-7H2. The molecule has 8 heteroatoms. The lowest BCUT2D eigenvalue weighted by Gasteiger charge is -2.28. The van der Waals surface area contributed by atoms with E-state index in [-0.39, 0.29) is 5.90 Å². The molecule has 2 fully saturated rings. The fraction of sp³-hybridized carbons (Fsp3) is 1.00. The van der Waals surface area contributed by atoms with Crippen LogP contribution in [0.5, 0.6) is 0 Å². The van der Waals surface area contributed by atoms with Crippen molar-refractivity contribution in [3.8, 4) is 0 Å². The van der Waals surface area contributed by atoms with Gasteiger partial charge in [0.1, 0.15) is 0 Å². The van der Waals surface area contributed by atoms with Crippen LogP contribution in [0.2, 0.25) is 0 Å². The molecule has 0 unspecified atom stereocenters. The van der Waals surface area contributed by atoms with Gasteiger partial charge in [0.25, 0.3) is 0 Å². The number of hydrogen-bond donors (Lipinski definition) is 0. The van der Waals surface area contributed by atoms with Crippen LogP contribution in [-0.4, -0.2) is 32.3 Å². The van der Waals surface area contributed by atoms with Gasteiger partial charge in [-0.2, -0.15) is 0 Å². The van der Waals surface area contributed by atoms with E-state index in [1.165, 1.54) is 0 Å². The molecule has 0 radical (unpaired) electrons. The average Bonchev–Trinajstić information content (AvgIpc) is 2.18. The summed E-state index contributed by atoms with van der Waals surface area (Å²) < 4.78 is 44.0. The molecular formula is C7H14O6P2. The summed E-state index contributed by atoms with van der Waals surface area (Å²) in [5.41, 5.74) is 0. The maximum Gasteiger partial charge on any atom is 0.342 e. The third kappa shape index (κ3) is 3.13. The third-order valence-corrected chi connectivity index (χ3v) is 7.15. The Labute approximate surface area is 88.3 Å². The zero-order chi connectivity index (χ0) is 10.8. The first-order valence-electron chi connectivity index (χ1n) is 4.88. The minimum absolute atomic E-state index is 0.264. The summed E-state index contributed by atoms with van der Waals surface area (Å²) in [5, 5.41) is 0. The normalized spacial score (nSPS) is 29.9. The molecule has 0 aromatic rings. The highest BCUT2D eigenvalue weighted by atomic mass is 31.2. The first-order valence-corrected chi connectivity index (χ1v) is 8.34. The van der Waals surface area contributed by atoms with Gasteiger partial charge >= 0.3 is 15.2 Å². The maximum absolute atomic E-state index is 11.9. The minimum atomic E-state index is -3.26. The van der Waals surface area contributed by atoms with Crippen LogP contribution in [0.15, 0.2) is 0 Å². The van der Waals surface area contributed by atoms with Crippen LogP contribution in [0.25, 0.3) is 0 Å². The van der Waals surface area contributed by atoms with Crippen molar-refractivity contribution in [3.05, 3.63) is 0 Å². The Morgan fingerprint density at radius 2 is 1.07 bits per heavy atom. The molecule has 0 N–H and O–H groups in total. The van der Waals surface area contributed by atoms with Crippen LogP contribution in [0.3, 0.4) is 0 Å². The summed E-state index contributed by atoms with van der Waals surface area (Å²) in [7, 11) is -6.52. The van der Waals surface area contributed by atoms with E-state index in [0.717, 1.165) is 0 Å². The summed E-state index contributed by atoms with van der Waals surface area (Å²) in [4.78, 5) is 0. The Morgan fingerprint density at radius 3 is 1.40 bits per heavy atom. The van der Waals surface area contributed by atoms with E-state index < -0.39 is 15.2 Å². The fourth-order valence-corrected chi connectivity index (χ4v) is 6.16. The van der Waals surface area contributed by atoms with E-state index in [4.69, 9.17) is 18.1 Å². The lowest BCUT2D eigenvalue weighted by atomic mass is 10.5. The molecule has 2 rings (SSSR count). The molecule has 15 heavy (non-hydrogen) atoms. The van der Waals surface area contributed by atoms with Crippen LogP contribution >= 0.6 is 15.2 Å². The van der Waals surface area contributed by atoms with Crippen molar-refractivity contribution in [2.24, 2.45) is 0 Å². The predicted molar refractivity (Wildman–Crippen MR) is 53.1 cm³/mol. The summed E-state index contributed by atoms with van der Waals surface area (Å²) in [6, 6.07) is 0. The van der Waals surface area contributed by atoms with Crippen LogP contribution in [-0.2, 0) is 27.2 Å². The molecule has 2 aliphatic heterocycles. The molecule has 6 nitrogen and oxygen atoms in total. The quantitative estimate of drug-likeness (QED) is 0.705. The van der Waals surface area contributed by atoms with Gasteiger partial charge in [-0.05, 0) is 12.8 Å². The van der Waals surface area contributed by atoms with Crippen molar-refractivity contribution < 1.29 is 27.2 Å². The van der Waals surface area contributed by atoms with Gasteiger partial charge in [-0.25, -0.2) is 0 Å².